The monoisotopic (exact) mass is 444 g/mol. The third kappa shape index (κ3) is 4.30. The number of aryl methyl sites for hydroxylation is 1. The summed E-state index contributed by atoms with van der Waals surface area (Å²) >= 11 is 1.72. The first-order valence-electron chi connectivity index (χ1n) is 11.1. The van der Waals surface area contributed by atoms with Crippen molar-refractivity contribution in [1.29, 1.82) is 0 Å². The zero-order chi connectivity index (χ0) is 21.9. The Morgan fingerprint density at radius 3 is 2.56 bits per heavy atom. The molecule has 0 bridgehead atoms. The summed E-state index contributed by atoms with van der Waals surface area (Å²) < 4.78 is 15.1. The molecule has 2 aromatic heterocycles. The number of thiophene rings is 1. The van der Waals surface area contributed by atoms with Gasteiger partial charge in [-0.25, -0.2) is 9.37 Å². The third-order valence-electron chi connectivity index (χ3n) is 6.35. The van der Waals surface area contributed by atoms with Crippen LogP contribution < -0.4 is 4.90 Å². The van der Waals surface area contributed by atoms with E-state index in [1.807, 2.05) is 24.3 Å². The van der Waals surface area contributed by atoms with Gasteiger partial charge in [0.2, 0.25) is 0 Å². The van der Waals surface area contributed by atoms with E-state index >= 15 is 0 Å². The predicted octanol–water partition coefficient (Wildman–Crippen LogP) is 6.52. The molecule has 32 heavy (non-hydrogen) atoms. The minimum atomic E-state index is -0.220. The van der Waals surface area contributed by atoms with Gasteiger partial charge in [0.1, 0.15) is 11.6 Å². The maximum Gasteiger partial charge on any atom is 0.136 e. The molecule has 4 aromatic rings. The number of ketones is 1. The van der Waals surface area contributed by atoms with E-state index in [0.29, 0.717) is 18.4 Å². The van der Waals surface area contributed by atoms with Crippen molar-refractivity contribution >= 4 is 33.0 Å². The highest BCUT2D eigenvalue weighted by atomic mass is 32.1. The third-order valence-corrected chi connectivity index (χ3v) is 7.28. The van der Waals surface area contributed by atoms with Gasteiger partial charge in [-0.15, -0.1) is 11.3 Å². The lowest BCUT2D eigenvalue weighted by molar-refractivity contribution is -0.123. The predicted molar refractivity (Wildman–Crippen MR) is 130 cm³/mol. The molecule has 0 amide bonds. The van der Waals surface area contributed by atoms with Crippen molar-refractivity contribution in [3.05, 3.63) is 83.5 Å². The van der Waals surface area contributed by atoms with Gasteiger partial charge in [0.15, 0.2) is 0 Å². The summed E-state index contributed by atoms with van der Waals surface area (Å²) in [6.45, 7) is 1.70. The van der Waals surface area contributed by atoms with Crippen molar-refractivity contribution in [2.24, 2.45) is 5.92 Å². The van der Waals surface area contributed by atoms with Crippen LogP contribution in [0.25, 0.3) is 21.5 Å². The van der Waals surface area contributed by atoms with Crippen LogP contribution in [0.2, 0.25) is 0 Å². The Hall–Kier alpha value is -3.05. The van der Waals surface area contributed by atoms with Gasteiger partial charge < -0.3 is 4.90 Å². The minimum absolute atomic E-state index is 0.0623. The molecule has 0 atom stereocenters. The maximum absolute atomic E-state index is 13.9. The van der Waals surface area contributed by atoms with E-state index < -0.39 is 0 Å². The smallest absolute Gasteiger partial charge is 0.136 e. The number of hydrogen-bond donors (Lipinski definition) is 0. The molecule has 0 N–H and O–H groups in total. The van der Waals surface area contributed by atoms with E-state index in [1.54, 1.807) is 23.5 Å². The molecule has 0 spiro atoms. The summed E-state index contributed by atoms with van der Waals surface area (Å²) in [7, 11) is 0. The van der Waals surface area contributed by atoms with E-state index in [4.69, 9.17) is 4.98 Å². The van der Waals surface area contributed by atoms with Crippen LogP contribution in [0.3, 0.4) is 0 Å². The molecule has 0 aliphatic carbocycles. The molecule has 0 saturated carbocycles. The summed E-state index contributed by atoms with van der Waals surface area (Å²) in [5, 5.41) is 2.09. The number of halogens is 1. The Bertz CT molecular complexity index is 1230. The van der Waals surface area contributed by atoms with Gasteiger partial charge in [0.25, 0.3) is 0 Å². The fourth-order valence-electron chi connectivity index (χ4n) is 4.54. The van der Waals surface area contributed by atoms with Gasteiger partial charge in [-0.2, -0.15) is 0 Å². The number of carbonyl (C=O) groups excluding carboxylic acids is 1. The minimum Gasteiger partial charge on any atom is -0.370 e. The van der Waals surface area contributed by atoms with Crippen LogP contribution in [0.15, 0.2) is 72.1 Å². The highest BCUT2D eigenvalue weighted by Gasteiger charge is 2.26. The Balaban J connectivity index is 1.28. The van der Waals surface area contributed by atoms with Crippen LogP contribution >= 0.6 is 11.3 Å². The molecule has 1 aliphatic heterocycles. The number of pyridine rings is 1. The number of rotatable bonds is 6. The van der Waals surface area contributed by atoms with Crippen LogP contribution in [-0.4, -0.2) is 23.9 Å². The van der Waals surface area contributed by atoms with Gasteiger partial charge in [0, 0.05) is 31.0 Å². The summed E-state index contributed by atoms with van der Waals surface area (Å²) in [5.41, 5.74) is 4.95. The Morgan fingerprint density at radius 2 is 1.78 bits per heavy atom. The van der Waals surface area contributed by atoms with Gasteiger partial charge in [-0.05, 0) is 48.4 Å². The van der Waals surface area contributed by atoms with E-state index in [9.17, 15) is 9.18 Å². The van der Waals surface area contributed by atoms with Crippen LogP contribution in [0.1, 0.15) is 24.8 Å². The normalized spacial score (nSPS) is 14.7. The first-order valence-corrected chi connectivity index (χ1v) is 12.0. The summed E-state index contributed by atoms with van der Waals surface area (Å²) in [6.07, 6.45) is 2.57. The van der Waals surface area contributed by atoms with Crippen molar-refractivity contribution in [1.82, 2.24) is 4.98 Å². The number of carbonyl (C=O) groups is 1. The zero-order valence-corrected chi connectivity index (χ0v) is 18.7. The first-order chi connectivity index (χ1) is 15.7. The lowest BCUT2D eigenvalue weighted by Gasteiger charge is -2.33. The Morgan fingerprint density at radius 1 is 1.03 bits per heavy atom. The van der Waals surface area contributed by atoms with Gasteiger partial charge in [0.05, 0.1) is 21.6 Å². The molecule has 162 valence electrons. The van der Waals surface area contributed by atoms with Crippen molar-refractivity contribution in [2.75, 3.05) is 18.0 Å². The average molecular weight is 445 g/mol. The number of fused-ring (bicyclic) bond motifs is 1. The number of Topliss-reactive ketones (excluding diaryl/α,β-unsaturated/α-hetero) is 1. The molecular formula is C27H25FN2OS. The van der Waals surface area contributed by atoms with Crippen molar-refractivity contribution in [3.63, 3.8) is 0 Å². The molecule has 0 unspecified atom stereocenters. The number of anilines is 1. The SMILES string of the molecule is O=C(CCc1ccccc1F)C1CCN(c2cc(-c3ccccc3)nc3ccsc23)CC1. The largest absolute Gasteiger partial charge is 0.370 e. The highest BCUT2D eigenvalue weighted by molar-refractivity contribution is 7.17. The number of piperidine rings is 1. The van der Waals surface area contributed by atoms with Crippen LogP contribution in [-0.2, 0) is 11.2 Å². The average Bonchev–Trinajstić information content (AvgIpc) is 3.32. The zero-order valence-electron chi connectivity index (χ0n) is 17.8. The number of benzene rings is 2. The summed E-state index contributed by atoms with van der Waals surface area (Å²) in [6, 6.07) is 21.3. The number of nitrogens with zero attached hydrogens (tertiary/aromatic N) is 2. The molecule has 3 nitrogen and oxygen atoms in total. The molecule has 5 heteroatoms. The first kappa shape index (κ1) is 20.8. The van der Waals surface area contributed by atoms with E-state index in [0.717, 1.165) is 42.7 Å². The molecular weight excluding hydrogens is 419 g/mol. The lowest BCUT2D eigenvalue weighted by Crippen LogP contribution is -2.36. The number of hydrogen-bond acceptors (Lipinski definition) is 4. The van der Waals surface area contributed by atoms with Crippen molar-refractivity contribution < 1.29 is 9.18 Å². The molecule has 0 radical (unpaired) electrons. The van der Waals surface area contributed by atoms with E-state index in [1.165, 1.54) is 16.5 Å². The molecule has 1 aliphatic rings. The van der Waals surface area contributed by atoms with Gasteiger partial charge in [-0.3, -0.25) is 4.79 Å². The van der Waals surface area contributed by atoms with Gasteiger partial charge >= 0.3 is 0 Å². The standard InChI is InChI=1S/C27H25FN2OS/c28-22-9-5-4-6-19(22)10-11-26(31)21-12-15-30(16-13-21)25-18-24(20-7-2-1-3-8-20)29-23-14-17-32-27(23)25/h1-9,14,17-18,21H,10-13,15-16H2. The summed E-state index contributed by atoms with van der Waals surface area (Å²) in [5.74, 6) is 0.100. The topological polar surface area (TPSA) is 33.2 Å². The van der Waals surface area contributed by atoms with Crippen molar-refractivity contribution in [3.8, 4) is 11.3 Å². The quantitative estimate of drug-likeness (QED) is 0.339. The fraction of sp³-hybridized carbons (Fsp3) is 0.259. The second kappa shape index (κ2) is 9.21. The lowest BCUT2D eigenvalue weighted by atomic mass is 9.89. The molecule has 2 aromatic carbocycles. The van der Waals surface area contributed by atoms with Crippen LogP contribution in [0.4, 0.5) is 10.1 Å². The molecule has 1 fully saturated rings. The molecule has 5 rings (SSSR count). The maximum atomic E-state index is 13.9. The molecule has 3 heterocycles. The summed E-state index contributed by atoms with van der Waals surface area (Å²) in [4.78, 5) is 20.0. The number of aromatic nitrogens is 1. The van der Waals surface area contributed by atoms with E-state index in [-0.39, 0.29) is 17.5 Å². The van der Waals surface area contributed by atoms with Crippen LogP contribution in [0.5, 0.6) is 0 Å². The Kier molecular flexibility index (Phi) is 5.99. The second-order valence-corrected chi connectivity index (χ2v) is 9.26. The fourth-order valence-corrected chi connectivity index (χ4v) is 5.41. The van der Waals surface area contributed by atoms with Gasteiger partial charge in [-0.1, -0.05) is 48.5 Å². The van der Waals surface area contributed by atoms with Crippen LogP contribution in [0, 0.1) is 11.7 Å². The highest BCUT2D eigenvalue weighted by Crippen LogP contribution is 2.36. The Labute approximate surface area is 191 Å². The van der Waals surface area contributed by atoms with E-state index in [2.05, 4.69) is 34.5 Å². The van der Waals surface area contributed by atoms with Crippen molar-refractivity contribution in [2.45, 2.75) is 25.7 Å². The second-order valence-electron chi connectivity index (χ2n) is 8.35. The molecule has 1 saturated heterocycles.